The number of carbonyl (C=O) groups is 2. The Kier molecular flexibility index (Phi) is 4.95. The Morgan fingerprint density at radius 3 is 2.38 bits per heavy atom. The Morgan fingerprint density at radius 2 is 1.71 bits per heavy atom. The molecule has 21 heavy (non-hydrogen) atoms. The molecule has 0 spiro atoms. The number of carbonyl (C=O) groups excluding carboxylic acids is 2. The van der Waals surface area contributed by atoms with E-state index in [1.165, 1.54) is 0 Å². The van der Waals surface area contributed by atoms with E-state index in [1.54, 1.807) is 24.3 Å². The molecule has 5 heteroatoms. The van der Waals surface area contributed by atoms with Gasteiger partial charge in [-0.05, 0) is 31.2 Å². The van der Waals surface area contributed by atoms with Crippen LogP contribution in [0.15, 0.2) is 48.5 Å². The molecule has 0 aliphatic rings. The molecule has 0 unspecified atom stereocenters. The summed E-state index contributed by atoms with van der Waals surface area (Å²) in [5, 5.41) is 5.60. The van der Waals surface area contributed by atoms with Crippen LogP contribution in [0.5, 0.6) is 0 Å². The fourth-order valence-corrected chi connectivity index (χ4v) is 1.96. The number of nitrogens with one attached hydrogen (secondary N) is 2. The van der Waals surface area contributed by atoms with Gasteiger partial charge in [-0.3, -0.25) is 9.59 Å². The topological polar surface area (TPSA) is 58.2 Å². The summed E-state index contributed by atoms with van der Waals surface area (Å²) < 4.78 is 0. The van der Waals surface area contributed by atoms with Crippen molar-refractivity contribution < 1.29 is 9.59 Å². The van der Waals surface area contributed by atoms with Gasteiger partial charge >= 0.3 is 0 Å². The standard InChI is InChI=1S/C16H15ClN2O2/c1-11-6-8-12(9-7-11)19-15(20)10-18-16(21)13-4-2-3-5-14(13)17/h2-9H,10H2,1H3,(H,18,21)(H,19,20). The third kappa shape index (κ3) is 4.33. The number of amides is 2. The molecule has 0 atom stereocenters. The van der Waals surface area contributed by atoms with Gasteiger partial charge in [-0.25, -0.2) is 0 Å². The minimum absolute atomic E-state index is 0.113. The van der Waals surface area contributed by atoms with E-state index in [1.807, 2.05) is 31.2 Å². The van der Waals surface area contributed by atoms with Crippen molar-refractivity contribution in [2.24, 2.45) is 0 Å². The SMILES string of the molecule is Cc1ccc(NC(=O)CNC(=O)c2ccccc2Cl)cc1. The lowest BCUT2D eigenvalue weighted by Crippen LogP contribution is -2.32. The van der Waals surface area contributed by atoms with Crippen LogP contribution in [0, 0.1) is 6.92 Å². The smallest absolute Gasteiger partial charge is 0.253 e. The lowest BCUT2D eigenvalue weighted by atomic mass is 10.2. The van der Waals surface area contributed by atoms with Crippen LogP contribution < -0.4 is 10.6 Å². The van der Waals surface area contributed by atoms with Gasteiger partial charge in [0.25, 0.3) is 5.91 Å². The highest BCUT2D eigenvalue weighted by molar-refractivity contribution is 6.33. The molecular formula is C16H15ClN2O2. The monoisotopic (exact) mass is 302 g/mol. The fourth-order valence-electron chi connectivity index (χ4n) is 1.74. The summed E-state index contributed by atoms with van der Waals surface area (Å²) in [6.45, 7) is 1.85. The van der Waals surface area contributed by atoms with Crippen LogP contribution in [0.4, 0.5) is 5.69 Å². The third-order valence-electron chi connectivity index (χ3n) is 2.86. The van der Waals surface area contributed by atoms with Crippen molar-refractivity contribution in [3.63, 3.8) is 0 Å². The zero-order valence-corrected chi connectivity index (χ0v) is 12.3. The molecule has 4 nitrogen and oxygen atoms in total. The van der Waals surface area contributed by atoms with E-state index in [0.717, 1.165) is 5.56 Å². The van der Waals surface area contributed by atoms with E-state index in [2.05, 4.69) is 10.6 Å². The molecule has 0 aromatic heterocycles. The van der Waals surface area contributed by atoms with Gasteiger partial charge in [0.2, 0.25) is 5.91 Å². The first kappa shape index (κ1) is 15.1. The highest BCUT2D eigenvalue weighted by Crippen LogP contribution is 2.14. The number of halogens is 1. The van der Waals surface area contributed by atoms with Crippen molar-refractivity contribution in [1.82, 2.24) is 5.32 Å². The summed E-state index contributed by atoms with van der Waals surface area (Å²) in [6, 6.07) is 14.1. The van der Waals surface area contributed by atoms with Gasteiger partial charge in [0.1, 0.15) is 0 Å². The maximum Gasteiger partial charge on any atom is 0.253 e. The minimum Gasteiger partial charge on any atom is -0.343 e. The van der Waals surface area contributed by atoms with Crippen molar-refractivity contribution in [3.05, 3.63) is 64.7 Å². The van der Waals surface area contributed by atoms with Crippen LogP contribution in [-0.2, 0) is 4.79 Å². The van der Waals surface area contributed by atoms with Crippen molar-refractivity contribution in [1.29, 1.82) is 0 Å². The molecule has 2 aromatic carbocycles. The molecule has 2 N–H and O–H groups in total. The van der Waals surface area contributed by atoms with Crippen molar-refractivity contribution in [3.8, 4) is 0 Å². The van der Waals surface area contributed by atoms with E-state index in [-0.39, 0.29) is 18.4 Å². The second-order valence-corrected chi connectivity index (χ2v) is 4.98. The van der Waals surface area contributed by atoms with Crippen LogP contribution in [0.3, 0.4) is 0 Å². The highest BCUT2D eigenvalue weighted by atomic mass is 35.5. The summed E-state index contributed by atoms with van der Waals surface area (Å²) >= 11 is 5.92. The molecule has 0 radical (unpaired) electrons. The predicted octanol–water partition coefficient (Wildman–Crippen LogP) is 3.02. The molecular weight excluding hydrogens is 288 g/mol. The van der Waals surface area contributed by atoms with Crippen molar-refractivity contribution in [2.45, 2.75) is 6.92 Å². The summed E-state index contributed by atoms with van der Waals surface area (Å²) in [6.07, 6.45) is 0. The molecule has 0 aliphatic heterocycles. The average Bonchev–Trinajstić information content (AvgIpc) is 2.48. The molecule has 0 heterocycles. The van der Waals surface area contributed by atoms with Gasteiger partial charge < -0.3 is 10.6 Å². The molecule has 0 fully saturated rings. The summed E-state index contributed by atoms with van der Waals surface area (Å²) in [4.78, 5) is 23.7. The van der Waals surface area contributed by atoms with Crippen LogP contribution in [0.25, 0.3) is 0 Å². The van der Waals surface area contributed by atoms with Gasteiger partial charge in [-0.1, -0.05) is 41.4 Å². The highest BCUT2D eigenvalue weighted by Gasteiger charge is 2.10. The molecule has 2 amide bonds. The second-order valence-electron chi connectivity index (χ2n) is 4.58. The lowest BCUT2D eigenvalue weighted by Gasteiger charge is -2.08. The minimum atomic E-state index is -0.375. The van der Waals surface area contributed by atoms with Crippen LogP contribution >= 0.6 is 11.6 Å². The van der Waals surface area contributed by atoms with E-state index < -0.39 is 0 Å². The molecule has 0 saturated carbocycles. The van der Waals surface area contributed by atoms with Crippen LogP contribution in [0.2, 0.25) is 5.02 Å². The number of anilines is 1. The number of aryl methyl sites for hydroxylation is 1. The maximum absolute atomic E-state index is 11.9. The first-order valence-corrected chi connectivity index (χ1v) is 6.83. The number of hydrogen-bond donors (Lipinski definition) is 2. The van der Waals surface area contributed by atoms with E-state index in [0.29, 0.717) is 16.3 Å². The molecule has 0 bridgehead atoms. The largest absolute Gasteiger partial charge is 0.343 e. The zero-order valence-electron chi connectivity index (χ0n) is 11.5. The van der Waals surface area contributed by atoms with Gasteiger partial charge in [0.05, 0.1) is 17.1 Å². The number of hydrogen-bond acceptors (Lipinski definition) is 2. The van der Waals surface area contributed by atoms with Gasteiger partial charge in [0.15, 0.2) is 0 Å². The van der Waals surface area contributed by atoms with E-state index >= 15 is 0 Å². The average molecular weight is 303 g/mol. The Balaban J connectivity index is 1.88. The first-order chi connectivity index (χ1) is 10.1. The van der Waals surface area contributed by atoms with Gasteiger partial charge in [-0.15, -0.1) is 0 Å². The van der Waals surface area contributed by atoms with Gasteiger partial charge in [-0.2, -0.15) is 0 Å². The first-order valence-electron chi connectivity index (χ1n) is 6.45. The predicted molar refractivity (Wildman–Crippen MR) is 83.6 cm³/mol. The van der Waals surface area contributed by atoms with Crippen molar-refractivity contribution >= 4 is 29.1 Å². The molecule has 0 aliphatic carbocycles. The van der Waals surface area contributed by atoms with Gasteiger partial charge in [0, 0.05) is 5.69 Å². The lowest BCUT2D eigenvalue weighted by molar-refractivity contribution is -0.115. The summed E-state index contributed by atoms with van der Waals surface area (Å²) in [7, 11) is 0. The Morgan fingerprint density at radius 1 is 1.05 bits per heavy atom. The third-order valence-corrected chi connectivity index (χ3v) is 3.19. The Bertz CT molecular complexity index is 654. The molecule has 0 saturated heterocycles. The Labute approximate surface area is 128 Å². The molecule has 2 rings (SSSR count). The molecule has 2 aromatic rings. The normalized spacial score (nSPS) is 10.0. The van der Waals surface area contributed by atoms with E-state index in [4.69, 9.17) is 11.6 Å². The Hall–Kier alpha value is -2.33. The fraction of sp³-hybridized carbons (Fsp3) is 0.125. The number of rotatable bonds is 4. The van der Waals surface area contributed by atoms with E-state index in [9.17, 15) is 9.59 Å². The maximum atomic E-state index is 11.9. The van der Waals surface area contributed by atoms with Crippen LogP contribution in [-0.4, -0.2) is 18.4 Å². The number of benzene rings is 2. The quantitative estimate of drug-likeness (QED) is 0.912. The second kappa shape index (κ2) is 6.90. The zero-order chi connectivity index (χ0) is 15.2. The van der Waals surface area contributed by atoms with Crippen molar-refractivity contribution in [2.75, 3.05) is 11.9 Å². The summed E-state index contributed by atoms with van der Waals surface area (Å²) in [5.41, 5.74) is 2.15. The summed E-state index contributed by atoms with van der Waals surface area (Å²) in [5.74, 6) is -0.668. The molecule has 108 valence electrons. The van der Waals surface area contributed by atoms with Crippen LogP contribution in [0.1, 0.15) is 15.9 Å².